The van der Waals surface area contributed by atoms with Crippen LogP contribution in [0, 0.1) is 35.5 Å². The summed E-state index contributed by atoms with van der Waals surface area (Å²) < 4.78 is 12.4. The van der Waals surface area contributed by atoms with E-state index in [0.717, 1.165) is 47.0 Å². The second-order valence-corrected chi connectivity index (χ2v) is 14.5. The summed E-state index contributed by atoms with van der Waals surface area (Å²) in [6.45, 7) is 0.581. The fraction of sp³-hybridized carbons (Fsp3) is 0.706. The summed E-state index contributed by atoms with van der Waals surface area (Å²) in [6.07, 6.45) is 16.6. The highest BCUT2D eigenvalue weighted by molar-refractivity contribution is 5.97. The Bertz CT molecular complexity index is 1160. The van der Waals surface area contributed by atoms with E-state index < -0.39 is 0 Å². The van der Waals surface area contributed by atoms with Crippen molar-refractivity contribution < 1.29 is 19.7 Å². The second-order valence-electron chi connectivity index (χ2n) is 14.5. The first-order valence-corrected chi connectivity index (χ1v) is 15.7. The lowest BCUT2D eigenvalue weighted by molar-refractivity contribution is -0.00594. The third kappa shape index (κ3) is 3.69. The van der Waals surface area contributed by atoms with Gasteiger partial charge in [-0.2, -0.15) is 0 Å². The summed E-state index contributed by atoms with van der Waals surface area (Å²) in [4.78, 5) is 0. The Hall–Kier alpha value is -1.78. The van der Waals surface area contributed by atoms with Gasteiger partial charge in [-0.1, -0.05) is 12.1 Å². The Labute approximate surface area is 227 Å². The van der Waals surface area contributed by atoms with Gasteiger partial charge in [-0.3, -0.25) is 0 Å². The van der Waals surface area contributed by atoms with E-state index in [1.807, 2.05) is 6.07 Å². The van der Waals surface area contributed by atoms with Gasteiger partial charge in [0.2, 0.25) is 0 Å². The summed E-state index contributed by atoms with van der Waals surface area (Å²) in [5.41, 5.74) is 3.58. The predicted molar refractivity (Wildman–Crippen MR) is 149 cm³/mol. The maximum absolute atomic E-state index is 9.73. The van der Waals surface area contributed by atoms with Crippen LogP contribution in [0.15, 0.2) is 24.3 Å². The van der Waals surface area contributed by atoms with Crippen LogP contribution in [-0.4, -0.2) is 36.6 Å². The van der Waals surface area contributed by atoms with E-state index in [9.17, 15) is 10.2 Å². The van der Waals surface area contributed by atoms with Crippen LogP contribution in [0.4, 0.5) is 0 Å². The SMILES string of the molecule is OCCOc1cc(OCCO)c2c(C34CC5CC(CC(C5)C3)C4)ccc(C34CC5CC(CC(C5)C3)C4)c2c1. The molecule has 0 aromatic heterocycles. The van der Waals surface area contributed by atoms with Crippen molar-refractivity contribution in [2.24, 2.45) is 35.5 Å². The van der Waals surface area contributed by atoms with Gasteiger partial charge in [-0.25, -0.2) is 0 Å². The summed E-state index contributed by atoms with van der Waals surface area (Å²) in [6, 6.07) is 9.42. The van der Waals surface area contributed by atoms with Crippen molar-refractivity contribution in [2.45, 2.75) is 87.9 Å². The van der Waals surface area contributed by atoms with Crippen molar-refractivity contribution in [3.63, 3.8) is 0 Å². The van der Waals surface area contributed by atoms with Gasteiger partial charge in [-0.15, -0.1) is 0 Å². The van der Waals surface area contributed by atoms with Crippen molar-refractivity contribution in [1.82, 2.24) is 0 Å². The zero-order chi connectivity index (χ0) is 25.5. The van der Waals surface area contributed by atoms with Crippen molar-refractivity contribution in [3.8, 4) is 11.5 Å². The first-order valence-electron chi connectivity index (χ1n) is 15.7. The summed E-state index contributed by atoms with van der Waals surface area (Å²) in [5, 5.41) is 21.9. The summed E-state index contributed by atoms with van der Waals surface area (Å²) >= 11 is 0. The van der Waals surface area contributed by atoms with E-state index in [1.54, 1.807) is 0 Å². The maximum atomic E-state index is 9.73. The Kier molecular flexibility index (Phi) is 5.61. The highest BCUT2D eigenvalue weighted by atomic mass is 16.5. The number of rotatable bonds is 8. The molecule has 4 nitrogen and oxygen atoms in total. The van der Waals surface area contributed by atoms with E-state index >= 15 is 0 Å². The number of aliphatic hydroxyl groups excluding tert-OH is 2. The Morgan fingerprint density at radius 1 is 0.605 bits per heavy atom. The average Bonchev–Trinajstić information content (AvgIpc) is 2.88. The Morgan fingerprint density at radius 3 is 1.55 bits per heavy atom. The molecule has 0 saturated heterocycles. The molecule has 0 heterocycles. The van der Waals surface area contributed by atoms with Crippen LogP contribution in [-0.2, 0) is 10.8 Å². The number of benzene rings is 2. The first kappa shape index (κ1) is 24.1. The van der Waals surface area contributed by atoms with E-state index in [0.29, 0.717) is 6.61 Å². The zero-order valence-electron chi connectivity index (χ0n) is 22.8. The van der Waals surface area contributed by atoms with Gasteiger partial charge in [0.1, 0.15) is 24.7 Å². The van der Waals surface area contributed by atoms with Crippen LogP contribution >= 0.6 is 0 Å². The quantitative estimate of drug-likeness (QED) is 0.420. The molecule has 2 aromatic rings. The van der Waals surface area contributed by atoms with Gasteiger partial charge in [0, 0.05) is 11.5 Å². The van der Waals surface area contributed by atoms with Gasteiger partial charge >= 0.3 is 0 Å². The first-order chi connectivity index (χ1) is 18.6. The van der Waals surface area contributed by atoms with Crippen LogP contribution in [0.3, 0.4) is 0 Å². The molecule has 2 N–H and O–H groups in total. The molecule has 8 aliphatic carbocycles. The minimum atomic E-state index is 0.0000182. The molecule has 8 bridgehead atoms. The molecular formula is C34H44O4. The van der Waals surface area contributed by atoms with Crippen LogP contribution in [0.1, 0.15) is 88.2 Å². The van der Waals surface area contributed by atoms with Gasteiger partial charge in [0.15, 0.2) is 0 Å². The molecule has 0 amide bonds. The lowest BCUT2D eigenvalue weighted by atomic mass is 9.46. The summed E-state index contributed by atoms with van der Waals surface area (Å²) in [7, 11) is 0. The van der Waals surface area contributed by atoms with Gasteiger partial charge in [-0.05, 0) is 146 Å². The van der Waals surface area contributed by atoms with E-state index in [1.165, 1.54) is 98.9 Å². The fourth-order valence-electron chi connectivity index (χ4n) is 11.7. The molecule has 0 spiro atoms. The van der Waals surface area contributed by atoms with Crippen LogP contribution in [0.5, 0.6) is 11.5 Å². The molecule has 2 aromatic carbocycles. The van der Waals surface area contributed by atoms with Gasteiger partial charge in [0.05, 0.1) is 13.2 Å². The average molecular weight is 517 g/mol. The number of ether oxygens (including phenoxy) is 2. The third-order valence-electron chi connectivity index (χ3n) is 12.0. The number of hydrogen-bond donors (Lipinski definition) is 2. The second kappa shape index (κ2) is 8.86. The molecule has 8 fully saturated rings. The predicted octanol–water partition coefficient (Wildman–Crippen LogP) is 6.52. The van der Waals surface area contributed by atoms with Crippen molar-refractivity contribution in [3.05, 3.63) is 35.4 Å². The number of aliphatic hydroxyl groups is 2. The zero-order valence-corrected chi connectivity index (χ0v) is 22.8. The highest BCUT2D eigenvalue weighted by Gasteiger charge is 2.54. The van der Waals surface area contributed by atoms with Crippen LogP contribution in [0.2, 0.25) is 0 Å². The largest absolute Gasteiger partial charge is 0.491 e. The van der Waals surface area contributed by atoms with Crippen molar-refractivity contribution >= 4 is 10.8 Å². The molecule has 0 unspecified atom stereocenters. The Balaban J connectivity index is 1.34. The molecule has 0 radical (unpaired) electrons. The van der Waals surface area contributed by atoms with Crippen molar-refractivity contribution in [1.29, 1.82) is 0 Å². The minimum Gasteiger partial charge on any atom is -0.491 e. The topological polar surface area (TPSA) is 58.9 Å². The molecule has 0 aliphatic heterocycles. The number of hydrogen-bond acceptors (Lipinski definition) is 4. The summed E-state index contributed by atoms with van der Waals surface area (Å²) in [5.74, 6) is 6.97. The smallest absolute Gasteiger partial charge is 0.131 e. The minimum absolute atomic E-state index is 0.0000182. The van der Waals surface area contributed by atoms with E-state index in [4.69, 9.17) is 9.47 Å². The molecule has 10 rings (SSSR count). The molecule has 8 aliphatic rings. The van der Waals surface area contributed by atoms with E-state index in [2.05, 4.69) is 18.2 Å². The Morgan fingerprint density at radius 2 is 1.05 bits per heavy atom. The normalized spacial score (nSPS) is 40.3. The monoisotopic (exact) mass is 516 g/mol. The van der Waals surface area contributed by atoms with Crippen molar-refractivity contribution in [2.75, 3.05) is 26.4 Å². The van der Waals surface area contributed by atoms with Crippen LogP contribution < -0.4 is 9.47 Å². The standard InChI is InChI=1S/C34H44O4/c35-3-5-37-27-13-28-29(33-15-21-7-22(16-33)9-23(8-21)17-33)1-2-30(32(28)31(14-27)38-6-4-36)34-18-24-10-25(19-34)12-26(11-24)20-34/h1-2,13-14,21-26,35-36H,3-12,15-20H2. The lowest BCUT2D eigenvalue weighted by Crippen LogP contribution is -2.49. The number of fused-ring (bicyclic) bond motifs is 1. The van der Waals surface area contributed by atoms with Crippen LogP contribution in [0.25, 0.3) is 10.8 Å². The molecular weight excluding hydrogens is 472 g/mol. The molecule has 4 heteroatoms. The lowest BCUT2D eigenvalue weighted by Gasteiger charge is -2.58. The molecule has 204 valence electrons. The molecule has 0 atom stereocenters. The van der Waals surface area contributed by atoms with Gasteiger partial charge in [0.25, 0.3) is 0 Å². The third-order valence-corrected chi connectivity index (χ3v) is 12.0. The molecule has 8 saturated carbocycles. The van der Waals surface area contributed by atoms with Gasteiger partial charge < -0.3 is 19.7 Å². The highest BCUT2D eigenvalue weighted by Crippen LogP contribution is 2.65. The van der Waals surface area contributed by atoms with E-state index in [-0.39, 0.29) is 30.7 Å². The fourth-order valence-corrected chi connectivity index (χ4v) is 11.7. The molecule has 38 heavy (non-hydrogen) atoms. The maximum Gasteiger partial charge on any atom is 0.131 e.